The molecule has 14 heavy (non-hydrogen) atoms. The topological polar surface area (TPSA) is 46.3 Å². The van der Waals surface area contributed by atoms with Gasteiger partial charge in [-0.15, -0.1) is 0 Å². The van der Waals surface area contributed by atoms with Gasteiger partial charge in [0.05, 0.1) is 5.41 Å². The molecule has 0 spiro atoms. The van der Waals surface area contributed by atoms with Crippen molar-refractivity contribution in [2.75, 3.05) is 20.1 Å². The molecule has 3 heteroatoms. The Balaban J connectivity index is 1.85. The Morgan fingerprint density at radius 1 is 1.57 bits per heavy atom. The lowest BCUT2D eigenvalue weighted by Gasteiger charge is -2.22. The summed E-state index contributed by atoms with van der Waals surface area (Å²) in [6, 6.07) is 0. The molecule has 0 heterocycles. The second-order valence-corrected chi connectivity index (χ2v) is 5.14. The van der Waals surface area contributed by atoms with E-state index in [9.17, 15) is 4.79 Å². The van der Waals surface area contributed by atoms with Crippen LogP contribution in [0, 0.1) is 17.3 Å². The maximum Gasteiger partial charge on any atom is 0.229 e. The van der Waals surface area contributed by atoms with Gasteiger partial charge in [0.1, 0.15) is 0 Å². The molecular formula is C11H20N2O. The Labute approximate surface area is 85.6 Å². The molecule has 0 saturated heterocycles. The number of amides is 1. The number of rotatable bonds is 4. The highest BCUT2D eigenvalue weighted by Gasteiger charge is 2.50. The molecule has 2 N–H and O–H groups in total. The van der Waals surface area contributed by atoms with E-state index in [1.54, 1.807) is 0 Å². The minimum Gasteiger partial charge on any atom is -0.345 e. The molecule has 1 amide bonds. The molecule has 0 aliphatic heterocycles. The fraction of sp³-hybridized carbons (Fsp3) is 0.909. The van der Waals surface area contributed by atoms with E-state index in [0.29, 0.717) is 6.54 Å². The lowest BCUT2D eigenvalue weighted by molar-refractivity contribution is -0.135. The molecule has 2 fully saturated rings. The van der Waals surface area contributed by atoms with Gasteiger partial charge in [0.15, 0.2) is 0 Å². The first-order chi connectivity index (χ1) is 6.59. The van der Waals surface area contributed by atoms with Crippen LogP contribution in [0.1, 0.15) is 26.2 Å². The minimum absolute atomic E-state index is 0.160. The number of nitrogens with two attached hydrogens (primary N) is 1. The van der Waals surface area contributed by atoms with Gasteiger partial charge in [0.25, 0.3) is 0 Å². The van der Waals surface area contributed by atoms with Crippen molar-refractivity contribution in [3.63, 3.8) is 0 Å². The summed E-state index contributed by atoms with van der Waals surface area (Å²) in [4.78, 5) is 13.9. The van der Waals surface area contributed by atoms with Crippen molar-refractivity contribution in [3.05, 3.63) is 0 Å². The number of carbonyl (C=O) groups excluding carboxylic acids is 1. The molecule has 2 saturated carbocycles. The third-order valence-corrected chi connectivity index (χ3v) is 3.83. The van der Waals surface area contributed by atoms with Gasteiger partial charge in [-0.25, -0.2) is 0 Å². The van der Waals surface area contributed by atoms with Crippen molar-refractivity contribution in [1.29, 1.82) is 0 Å². The second kappa shape index (κ2) is 3.23. The highest BCUT2D eigenvalue weighted by atomic mass is 16.2. The zero-order valence-electron chi connectivity index (χ0n) is 9.12. The van der Waals surface area contributed by atoms with Crippen LogP contribution in [0.5, 0.6) is 0 Å². The second-order valence-electron chi connectivity index (χ2n) is 5.14. The Kier molecular flexibility index (Phi) is 2.30. The van der Waals surface area contributed by atoms with Crippen molar-refractivity contribution >= 4 is 5.91 Å². The molecule has 0 aromatic carbocycles. The first kappa shape index (κ1) is 9.97. The molecule has 2 aliphatic carbocycles. The molecular weight excluding hydrogens is 176 g/mol. The summed E-state index contributed by atoms with van der Waals surface area (Å²) >= 11 is 0. The minimum atomic E-state index is -0.160. The van der Waals surface area contributed by atoms with E-state index < -0.39 is 0 Å². The van der Waals surface area contributed by atoms with E-state index in [4.69, 9.17) is 5.73 Å². The lowest BCUT2D eigenvalue weighted by atomic mass is 10.1. The van der Waals surface area contributed by atoms with Crippen molar-refractivity contribution in [3.8, 4) is 0 Å². The van der Waals surface area contributed by atoms with Crippen LogP contribution in [-0.2, 0) is 4.79 Å². The van der Waals surface area contributed by atoms with Gasteiger partial charge in [0, 0.05) is 20.1 Å². The van der Waals surface area contributed by atoms with Gasteiger partial charge in [-0.2, -0.15) is 0 Å². The first-order valence-electron chi connectivity index (χ1n) is 5.55. The molecule has 0 aromatic rings. The van der Waals surface area contributed by atoms with Crippen LogP contribution in [0.15, 0.2) is 0 Å². The number of nitrogens with zero attached hydrogens (tertiary/aromatic N) is 1. The van der Waals surface area contributed by atoms with Crippen LogP contribution < -0.4 is 5.73 Å². The van der Waals surface area contributed by atoms with Crippen LogP contribution in [0.4, 0.5) is 0 Å². The largest absolute Gasteiger partial charge is 0.345 e. The summed E-state index contributed by atoms with van der Waals surface area (Å²) in [5.74, 6) is 1.84. The molecule has 2 unspecified atom stereocenters. The van der Waals surface area contributed by atoms with Crippen LogP contribution in [0.2, 0.25) is 0 Å². The third-order valence-electron chi connectivity index (χ3n) is 3.83. The predicted octanol–water partition coefficient (Wildman–Crippen LogP) is 0.840. The van der Waals surface area contributed by atoms with Gasteiger partial charge in [-0.3, -0.25) is 4.79 Å². The van der Waals surface area contributed by atoms with Crippen molar-refractivity contribution in [2.45, 2.75) is 26.2 Å². The van der Waals surface area contributed by atoms with E-state index in [1.807, 2.05) is 11.9 Å². The Morgan fingerprint density at radius 3 is 2.50 bits per heavy atom. The van der Waals surface area contributed by atoms with Gasteiger partial charge < -0.3 is 10.6 Å². The number of carbonyl (C=O) groups is 1. The molecule has 2 rings (SSSR count). The third kappa shape index (κ3) is 1.65. The van der Waals surface area contributed by atoms with E-state index in [1.165, 1.54) is 6.42 Å². The summed E-state index contributed by atoms with van der Waals surface area (Å²) in [5.41, 5.74) is 5.47. The fourth-order valence-corrected chi connectivity index (χ4v) is 2.15. The molecule has 0 bridgehead atoms. The average Bonchev–Trinajstić information content (AvgIpc) is 3.04. The van der Waals surface area contributed by atoms with Crippen molar-refractivity contribution in [2.24, 2.45) is 23.0 Å². The summed E-state index contributed by atoms with van der Waals surface area (Å²) in [5, 5.41) is 0. The summed E-state index contributed by atoms with van der Waals surface area (Å²) in [6.07, 6.45) is 3.27. The molecule has 2 aliphatic rings. The maximum absolute atomic E-state index is 12.0. The Bertz CT molecular complexity index is 248. The smallest absolute Gasteiger partial charge is 0.229 e. The first-order valence-corrected chi connectivity index (χ1v) is 5.55. The van der Waals surface area contributed by atoms with Crippen molar-refractivity contribution < 1.29 is 4.79 Å². The van der Waals surface area contributed by atoms with E-state index in [0.717, 1.165) is 31.2 Å². The Morgan fingerprint density at radius 2 is 2.14 bits per heavy atom. The summed E-state index contributed by atoms with van der Waals surface area (Å²) < 4.78 is 0. The lowest BCUT2D eigenvalue weighted by Crippen LogP contribution is -2.39. The van der Waals surface area contributed by atoms with Gasteiger partial charge >= 0.3 is 0 Å². The zero-order valence-corrected chi connectivity index (χ0v) is 9.12. The van der Waals surface area contributed by atoms with Crippen LogP contribution in [-0.4, -0.2) is 30.9 Å². The maximum atomic E-state index is 12.0. The van der Waals surface area contributed by atoms with E-state index >= 15 is 0 Å². The molecule has 2 atom stereocenters. The van der Waals surface area contributed by atoms with Gasteiger partial charge in [-0.05, 0) is 31.1 Å². The normalized spacial score (nSPS) is 32.5. The monoisotopic (exact) mass is 196 g/mol. The number of hydrogen-bond acceptors (Lipinski definition) is 2. The van der Waals surface area contributed by atoms with E-state index in [2.05, 4.69) is 6.92 Å². The standard InChI is InChI=1S/C11H20N2O/c1-8-5-9(8)6-13(2)10(14)11(7-12)3-4-11/h8-9H,3-7,12H2,1-2H3. The van der Waals surface area contributed by atoms with E-state index in [-0.39, 0.29) is 11.3 Å². The zero-order chi connectivity index (χ0) is 10.3. The summed E-state index contributed by atoms with van der Waals surface area (Å²) in [6.45, 7) is 3.71. The predicted molar refractivity (Wildman–Crippen MR) is 55.6 cm³/mol. The number of hydrogen-bond donors (Lipinski definition) is 1. The summed E-state index contributed by atoms with van der Waals surface area (Å²) in [7, 11) is 1.92. The average molecular weight is 196 g/mol. The van der Waals surface area contributed by atoms with Gasteiger partial charge in [-0.1, -0.05) is 6.92 Å². The molecule has 80 valence electrons. The molecule has 0 radical (unpaired) electrons. The quantitative estimate of drug-likeness (QED) is 0.724. The van der Waals surface area contributed by atoms with Gasteiger partial charge in [0.2, 0.25) is 5.91 Å². The Hall–Kier alpha value is -0.570. The van der Waals surface area contributed by atoms with Crippen LogP contribution >= 0.6 is 0 Å². The fourth-order valence-electron chi connectivity index (χ4n) is 2.15. The highest BCUT2D eigenvalue weighted by molar-refractivity contribution is 5.85. The van der Waals surface area contributed by atoms with Crippen LogP contribution in [0.3, 0.4) is 0 Å². The van der Waals surface area contributed by atoms with Crippen LogP contribution in [0.25, 0.3) is 0 Å². The van der Waals surface area contributed by atoms with Crippen molar-refractivity contribution in [1.82, 2.24) is 4.90 Å². The SMILES string of the molecule is CC1CC1CN(C)C(=O)C1(CN)CC1. The molecule has 0 aromatic heterocycles. The highest BCUT2D eigenvalue weighted by Crippen LogP contribution is 2.46. The molecule has 3 nitrogen and oxygen atoms in total.